The molecule has 1 aliphatic carbocycles. The molecule has 1 heterocycles. The van der Waals surface area contributed by atoms with E-state index in [0.29, 0.717) is 12.1 Å². The molecule has 2 aliphatic rings. The molecule has 2 fully saturated rings. The van der Waals surface area contributed by atoms with E-state index in [-0.39, 0.29) is 0 Å². The summed E-state index contributed by atoms with van der Waals surface area (Å²) < 4.78 is 0. The van der Waals surface area contributed by atoms with Crippen molar-refractivity contribution in [3.63, 3.8) is 0 Å². The summed E-state index contributed by atoms with van der Waals surface area (Å²) in [6.07, 6.45) is 6.59. The third-order valence-electron chi connectivity index (χ3n) is 4.96. The molecule has 120 valence electrons. The van der Waals surface area contributed by atoms with Gasteiger partial charge in [-0.2, -0.15) is 0 Å². The normalized spacial score (nSPS) is 24.2. The Labute approximate surface area is 139 Å². The minimum atomic E-state index is 0.364. The molecular formula is C18H27N3S. The van der Waals surface area contributed by atoms with Gasteiger partial charge in [0.05, 0.1) is 6.04 Å². The minimum Gasteiger partial charge on any atom is -0.360 e. The first-order chi connectivity index (χ1) is 10.7. The molecule has 3 nitrogen and oxygen atoms in total. The molecule has 1 atom stereocenters. The number of thiocarbonyl (C=S) groups is 1. The summed E-state index contributed by atoms with van der Waals surface area (Å²) in [5.74, 6) is 0. The molecular weight excluding hydrogens is 290 g/mol. The minimum absolute atomic E-state index is 0.364. The number of hydrogen-bond acceptors (Lipinski definition) is 2. The Morgan fingerprint density at radius 3 is 2.55 bits per heavy atom. The highest BCUT2D eigenvalue weighted by atomic mass is 32.1. The van der Waals surface area contributed by atoms with Gasteiger partial charge in [-0.25, -0.2) is 0 Å². The highest BCUT2D eigenvalue weighted by Crippen LogP contribution is 2.26. The molecule has 1 aliphatic heterocycles. The Kier molecular flexibility index (Phi) is 5.32. The Morgan fingerprint density at radius 2 is 1.82 bits per heavy atom. The zero-order valence-corrected chi connectivity index (χ0v) is 14.3. The molecule has 1 saturated carbocycles. The van der Waals surface area contributed by atoms with Gasteiger partial charge in [-0.05, 0) is 37.7 Å². The fraction of sp³-hybridized carbons (Fsp3) is 0.611. The van der Waals surface area contributed by atoms with E-state index in [1.807, 2.05) is 0 Å². The Bertz CT molecular complexity index is 484. The van der Waals surface area contributed by atoms with E-state index < -0.39 is 0 Å². The van der Waals surface area contributed by atoms with Crippen molar-refractivity contribution in [1.82, 2.24) is 15.1 Å². The van der Waals surface area contributed by atoms with Crippen molar-refractivity contribution in [3.8, 4) is 0 Å². The summed E-state index contributed by atoms with van der Waals surface area (Å²) in [4.78, 5) is 4.80. The van der Waals surface area contributed by atoms with Crippen LogP contribution in [0.5, 0.6) is 0 Å². The summed E-state index contributed by atoms with van der Waals surface area (Å²) in [7, 11) is 2.20. The second kappa shape index (κ2) is 7.42. The van der Waals surface area contributed by atoms with Crippen molar-refractivity contribution in [2.75, 3.05) is 26.7 Å². The van der Waals surface area contributed by atoms with Crippen LogP contribution < -0.4 is 5.32 Å². The molecule has 0 bridgehead atoms. The summed E-state index contributed by atoms with van der Waals surface area (Å²) in [6.45, 7) is 3.13. The highest BCUT2D eigenvalue weighted by Gasteiger charge is 2.29. The third-order valence-corrected chi connectivity index (χ3v) is 5.31. The maximum absolute atomic E-state index is 5.77. The van der Waals surface area contributed by atoms with Crippen LogP contribution in [0.2, 0.25) is 0 Å². The van der Waals surface area contributed by atoms with Crippen molar-refractivity contribution in [2.45, 2.75) is 44.2 Å². The van der Waals surface area contributed by atoms with Crippen molar-refractivity contribution in [1.29, 1.82) is 0 Å². The highest BCUT2D eigenvalue weighted by molar-refractivity contribution is 7.80. The van der Waals surface area contributed by atoms with E-state index >= 15 is 0 Å². The number of benzene rings is 1. The average Bonchev–Trinajstić information content (AvgIpc) is 2.56. The van der Waals surface area contributed by atoms with Gasteiger partial charge in [-0.1, -0.05) is 49.6 Å². The van der Waals surface area contributed by atoms with Gasteiger partial charge in [-0.15, -0.1) is 0 Å². The van der Waals surface area contributed by atoms with Gasteiger partial charge >= 0.3 is 0 Å². The maximum Gasteiger partial charge on any atom is 0.169 e. The van der Waals surface area contributed by atoms with E-state index in [4.69, 9.17) is 12.2 Å². The van der Waals surface area contributed by atoms with Gasteiger partial charge in [0.15, 0.2) is 5.11 Å². The fourth-order valence-electron chi connectivity index (χ4n) is 3.63. The largest absolute Gasteiger partial charge is 0.360 e. The molecule has 3 rings (SSSR count). The first-order valence-corrected chi connectivity index (χ1v) is 8.95. The smallest absolute Gasteiger partial charge is 0.169 e. The molecule has 22 heavy (non-hydrogen) atoms. The monoisotopic (exact) mass is 317 g/mol. The molecule has 0 radical (unpaired) electrons. The molecule has 0 spiro atoms. The van der Waals surface area contributed by atoms with Gasteiger partial charge in [-0.3, -0.25) is 0 Å². The van der Waals surface area contributed by atoms with Crippen LogP contribution in [0, 0.1) is 0 Å². The van der Waals surface area contributed by atoms with Crippen LogP contribution in [0.1, 0.15) is 43.7 Å². The number of nitrogens with zero attached hydrogens (tertiary/aromatic N) is 2. The zero-order valence-electron chi connectivity index (χ0n) is 13.5. The molecule has 0 amide bonds. The van der Waals surface area contributed by atoms with Crippen LogP contribution in [-0.4, -0.2) is 47.6 Å². The van der Waals surface area contributed by atoms with Crippen molar-refractivity contribution in [3.05, 3.63) is 35.9 Å². The standard InChI is InChI=1S/C18H27N3S/c1-20-12-13-21(17(14-20)15-8-4-2-5-9-15)18(22)19-16-10-6-3-7-11-16/h2,4-5,8-9,16-17H,3,6-7,10-14H2,1H3,(H,19,22). The molecule has 1 aromatic rings. The molecule has 1 aromatic carbocycles. The number of hydrogen-bond donors (Lipinski definition) is 1. The van der Waals surface area contributed by atoms with Crippen LogP contribution in [0.15, 0.2) is 30.3 Å². The predicted molar refractivity (Wildman–Crippen MR) is 96.0 cm³/mol. The van der Waals surface area contributed by atoms with Crippen LogP contribution in [-0.2, 0) is 0 Å². The van der Waals surface area contributed by atoms with Crippen LogP contribution in [0.4, 0.5) is 0 Å². The van der Waals surface area contributed by atoms with Crippen LogP contribution >= 0.6 is 12.2 Å². The third kappa shape index (κ3) is 3.79. The van der Waals surface area contributed by atoms with E-state index in [0.717, 1.165) is 24.7 Å². The van der Waals surface area contributed by atoms with Gasteiger partial charge < -0.3 is 15.1 Å². The molecule has 0 aromatic heterocycles. The predicted octanol–water partition coefficient (Wildman–Crippen LogP) is 3.18. The van der Waals surface area contributed by atoms with Gasteiger partial charge in [0.25, 0.3) is 0 Å². The summed E-state index contributed by atoms with van der Waals surface area (Å²) >= 11 is 5.77. The molecule has 4 heteroatoms. The van der Waals surface area contributed by atoms with Gasteiger partial charge in [0.2, 0.25) is 0 Å². The maximum atomic E-state index is 5.77. The van der Waals surface area contributed by atoms with Gasteiger partial charge in [0.1, 0.15) is 0 Å². The lowest BCUT2D eigenvalue weighted by molar-refractivity contribution is 0.149. The quantitative estimate of drug-likeness (QED) is 0.844. The molecule has 1 saturated heterocycles. The van der Waals surface area contributed by atoms with Crippen LogP contribution in [0.25, 0.3) is 0 Å². The second-order valence-electron chi connectivity index (χ2n) is 6.67. The summed E-state index contributed by atoms with van der Waals surface area (Å²) in [5, 5.41) is 4.59. The Morgan fingerprint density at radius 1 is 1.09 bits per heavy atom. The average molecular weight is 318 g/mol. The van der Waals surface area contributed by atoms with E-state index in [1.165, 1.54) is 37.7 Å². The van der Waals surface area contributed by atoms with Crippen molar-refractivity contribution in [2.24, 2.45) is 0 Å². The zero-order chi connectivity index (χ0) is 15.4. The SMILES string of the molecule is CN1CCN(C(=S)NC2CCCCC2)C(c2ccccc2)C1. The topological polar surface area (TPSA) is 18.5 Å². The first-order valence-electron chi connectivity index (χ1n) is 8.54. The lowest BCUT2D eigenvalue weighted by atomic mass is 9.95. The van der Waals surface area contributed by atoms with Crippen molar-refractivity contribution >= 4 is 17.3 Å². The first kappa shape index (κ1) is 15.8. The fourth-order valence-corrected chi connectivity index (χ4v) is 4.01. The summed E-state index contributed by atoms with van der Waals surface area (Å²) in [6, 6.07) is 11.7. The Balaban J connectivity index is 1.70. The molecule has 1 N–H and O–H groups in total. The van der Waals surface area contributed by atoms with Crippen LogP contribution in [0.3, 0.4) is 0 Å². The van der Waals surface area contributed by atoms with E-state index in [9.17, 15) is 0 Å². The number of rotatable bonds is 2. The number of piperazine rings is 1. The van der Waals surface area contributed by atoms with E-state index in [2.05, 4.69) is 52.5 Å². The lowest BCUT2D eigenvalue weighted by Gasteiger charge is -2.42. The Hall–Kier alpha value is -1.13. The second-order valence-corrected chi connectivity index (χ2v) is 7.05. The summed E-state index contributed by atoms with van der Waals surface area (Å²) in [5.41, 5.74) is 1.36. The molecule has 1 unspecified atom stereocenters. The van der Waals surface area contributed by atoms with Crippen molar-refractivity contribution < 1.29 is 0 Å². The van der Waals surface area contributed by atoms with Gasteiger partial charge in [0, 0.05) is 25.7 Å². The lowest BCUT2D eigenvalue weighted by Crippen LogP contribution is -2.54. The number of likely N-dealkylation sites (N-methyl/N-ethyl adjacent to an activating group) is 1. The van der Waals surface area contributed by atoms with E-state index in [1.54, 1.807) is 0 Å². The number of nitrogens with one attached hydrogen (secondary N) is 1.